The number of nitrogens with zero attached hydrogens (tertiary/aromatic N) is 2. The Hall–Kier alpha value is -2.50. The maximum atomic E-state index is 11.9. The van der Waals surface area contributed by atoms with Gasteiger partial charge >= 0.3 is 6.03 Å². The molecule has 23 heavy (non-hydrogen) atoms. The van der Waals surface area contributed by atoms with Gasteiger partial charge in [-0.2, -0.15) is 0 Å². The van der Waals surface area contributed by atoms with Gasteiger partial charge in [0.25, 0.3) is 0 Å². The first-order chi connectivity index (χ1) is 11.0. The van der Waals surface area contributed by atoms with Crippen molar-refractivity contribution in [1.29, 1.82) is 0 Å². The van der Waals surface area contributed by atoms with E-state index in [9.17, 15) is 4.79 Å². The van der Waals surface area contributed by atoms with E-state index in [-0.39, 0.29) is 6.03 Å². The van der Waals surface area contributed by atoms with Crippen LogP contribution in [0.2, 0.25) is 0 Å². The fourth-order valence-electron chi connectivity index (χ4n) is 2.18. The molecule has 1 heterocycles. The van der Waals surface area contributed by atoms with Crippen LogP contribution < -0.4 is 15.4 Å². The molecule has 6 nitrogen and oxygen atoms in total. The molecule has 0 saturated carbocycles. The number of carbonyl (C=O) groups is 1. The maximum Gasteiger partial charge on any atom is 0.321 e. The summed E-state index contributed by atoms with van der Waals surface area (Å²) in [6.07, 6.45) is 2.69. The van der Waals surface area contributed by atoms with E-state index in [4.69, 9.17) is 4.74 Å². The van der Waals surface area contributed by atoms with Crippen LogP contribution in [-0.4, -0.2) is 29.2 Å². The molecule has 2 amide bonds. The summed E-state index contributed by atoms with van der Waals surface area (Å²) in [7, 11) is 3.51. The summed E-state index contributed by atoms with van der Waals surface area (Å²) >= 11 is 0. The van der Waals surface area contributed by atoms with Gasteiger partial charge in [0.1, 0.15) is 5.75 Å². The second-order valence-corrected chi connectivity index (χ2v) is 5.82. The van der Waals surface area contributed by atoms with E-state index in [1.807, 2.05) is 35.9 Å². The summed E-state index contributed by atoms with van der Waals surface area (Å²) in [4.78, 5) is 16.2. The molecule has 2 aromatic rings. The Morgan fingerprint density at radius 2 is 2.00 bits per heavy atom. The first-order valence-corrected chi connectivity index (χ1v) is 7.72. The highest BCUT2D eigenvalue weighted by Crippen LogP contribution is 2.24. The van der Waals surface area contributed by atoms with Crippen LogP contribution in [0.25, 0.3) is 11.3 Å². The molecule has 124 valence electrons. The van der Waals surface area contributed by atoms with Gasteiger partial charge in [0.15, 0.2) is 0 Å². The largest absolute Gasteiger partial charge is 0.497 e. The zero-order valence-electron chi connectivity index (χ0n) is 14.1. The molecule has 6 heteroatoms. The number of aromatic nitrogens is 2. The van der Waals surface area contributed by atoms with Crippen molar-refractivity contribution in [1.82, 2.24) is 14.9 Å². The molecule has 1 aromatic carbocycles. The number of carbonyl (C=O) groups excluding carboxylic acids is 1. The van der Waals surface area contributed by atoms with Gasteiger partial charge in [0.05, 0.1) is 19.0 Å². The molecule has 0 spiro atoms. The number of amides is 2. The molecule has 0 bridgehead atoms. The van der Waals surface area contributed by atoms with Gasteiger partial charge in [-0.25, -0.2) is 9.78 Å². The molecular formula is C17H24N4O2. The van der Waals surface area contributed by atoms with Crippen molar-refractivity contribution >= 4 is 12.0 Å². The highest BCUT2D eigenvalue weighted by Gasteiger charge is 2.11. The van der Waals surface area contributed by atoms with E-state index >= 15 is 0 Å². The Balaban J connectivity index is 2.02. The third-order valence-corrected chi connectivity index (χ3v) is 3.61. The Morgan fingerprint density at radius 3 is 2.61 bits per heavy atom. The SMILES string of the molecule is COc1ccc(-c2cnc(NC(=O)NCCC(C)C)n2C)cc1. The predicted octanol–water partition coefficient (Wildman–Crippen LogP) is 3.26. The van der Waals surface area contributed by atoms with Gasteiger partial charge in [0, 0.05) is 19.2 Å². The van der Waals surface area contributed by atoms with Crippen LogP contribution in [0.15, 0.2) is 30.5 Å². The topological polar surface area (TPSA) is 68.2 Å². The Morgan fingerprint density at radius 1 is 1.30 bits per heavy atom. The summed E-state index contributed by atoms with van der Waals surface area (Å²) in [5.74, 6) is 1.88. The molecule has 1 aromatic heterocycles. The first kappa shape index (κ1) is 16.9. The van der Waals surface area contributed by atoms with Crippen LogP contribution in [0.1, 0.15) is 20.3 Å². The standard InChI is InChI=1S/C17H24N4O2/c1-12(2)9-10-18-17(22)20-16-19-11-15(21(16)3)13-5-7-14(23-4)8-6-13/h5-8,11-12H,9-10H2,1-4H3,(H2,18,19,20,22). The minimum Gasteiger partial charge on any atom is -0.497 e. The number of anilines is 1. The number of rotatable bonds is 6. The van der Waals surface area contributed by atoms with E-state index in [1.54, 1.807) is 13.3 Å². The lowest BCUT2D eigenvalue weighted by molar-refractivity contribution is 0.251. The molecule has 0 unspecified atom stereocenters. The third-order valence-electron chi connectivity index (χ3n) is 3.61. The van der Waals surface area contributed by atoms with Crippen LogP contribution in [0, 0.1) is 5.92 Å². The quantitative estimate of drug-likeness (QED) is 0.859. The fraction of sp³-hybridized carbons (Fsp3) is 0.412. The van der Waals surface area contributed by atoms with Gasteiger partial charge in [0.2, 0.25) is 5.95 Å². The molecular weight excluding hydrogens is 292 g/mol. The highest BCUT2D eigenvalue weighted by atomic mass is 16.5. The number of ether oxygens (including phenoxy) is 1. The third kappa shape index (κ3) is 4.48. The van der Waals surface area contributed by atoms with E-state index in [0.29, 0.717) is 18.4 Å². The van der Waals surface area contributed by atoms with Crippen molar-refractivity contribution in [2.45, 2.75) is 20.3 Å². The maximum absolute atomic E-state index is 11.9. The van der Waals surface area contributed by atoms with Crippen LogP contribution in [0.4, 0.5) is 10.7 Å². The van der Waals surface area contributed by atoms with Gasteiger partial charge in [-0.15, -0.1) is 0 Å². The van der Waals surface area contributed by atoms with Crippen molar-refractivity contribution in [3.8, 4) is 17.0 Å². The average molecular weight is 316 g/mol. The fourth-order valence-corrected chi connectivity index (χ4v) is 2.18. The van der Waals surface area contributed by atoms with Gasteiger partial charge in [-0.05, 0) is 36.6 Å². The van der Waals surface area contributed by atoms with Crippen LogP contribution in [0.3, 0.4) is 0 Å². The van der Waals surface area contributed by atoms with Crippen LogP contribution in [-0.2, 0) is 7.05 Å². The number of urea groups is 1. The second kappa shape index (κ2) is 7.67. The van der Waals surface area contributed by atoms with Gasteiger partial charge in [-0.1, -0.05) is 13.8 Å². The molecule has 2 rings (SSSR count). The van der Waals surface area contributed by atoms with Crippen molar-refractivity contribution < 1.29 is 9.53 Å². The zero-order chi connectivity index (χ0) is 16.8. The molecule has 2 N–H and O–H groups in total. The molecule has 0 fully saturated rings. The molecule has 0 aliphatic heterocycles. The predicted molar refractivity (Wildman–Crippen MR) is 91.7 cm³/mol. The number of benzene rings is 1. The number of hydrogen-bond acceptors (Lipinski definition) is 3. The van der Waals surface area contributed by atoms with Crippen molar-refractivity contribution in [2.24, 2.45) is 13.0 Å². The number of methoxy groups -OCH3 is 1. The van der Waals surface area contributed by atoms with Gasteiger partial charge < -0.3 is 14.6 Å². The Kier molecular flexibility index (Phi) is 5.62. The summed E-state index contributed by atoms with van der Waals surface area (Å²) < 4.78 is 7.01. The summed E-state index contributed by atoms with van der Waals surface area (Å²) in [5, 5.41) is 5.61. The lowest BCUT2D eigenvalue weighted by Crippen LogP contribution is -2.31. The van der Waals surface area contributed by atoms with Crippen LogP contribution >= 0.6 is 0 Å². The molecule has 0 atom stereocenters. The number of nitrogens with one attached hydrogen (secondary N) is 2. The minimum absolute atomic E-state index is 0.236. The highest BCUT2D eigenvalue weighted by molar-refractivity contribution is 5.87. The minimum atomic E-state index is -0.236. The second-order valence-electron chi connectivity index (χ2n) is 5.82. The monoisotopic (exact) mass is 316 g/mol. The average Bonchev–Trinajstić information content (AvgIpc) is 2.88. The summed E-state index contributed by atoms with van der Waals surface area (Å²) in [6, 6.07) is 7.48. The van der Waals surface area contributed by atoms with Crippen molar-refractivity contribution in [3.63, 3.8) is 0 Å². The zero-order valence-corrected chi connectivity index (χ0v) is 14.1. The summed E-state index contributed by atoms with van der Waals surface area (Å²) in [6.45, 7) is 4.90. The Bertz CT molecular complexity index is 647. The molecule has 0 aliphatic carbocycles. The number of imidazole rings is 1. The lowest BCUT2D eigenvalue weighted by atomic mass is 10.1. The van der Waals surface area contributed by atoms with Gasteiger partial charge in [-0.3, -0.25) is 5.32 Å². The molecule has 0 radical (unpaired) electrons. The van der Waals surface area contributed by atoms with E-state index in [2.05, 4.69) is 29.5 Å². The normalized spacial score (nSPS) is 10.7. The van der Waals surface area contributed by atoms with E-state index < -0.39 is 0 Å². The van der Waals surface area contributed by atoms with Crippen LogP contribution in [0.5, 0.6) is 5.75 Å². The first-order valence-electron chi connectivity index (χ1n) is 7.72. The smallest absolute Gasteiger partial charge is 0.321 e. The Labute approximate surface area is 136 Å². The lowest BCUT2D eigenvalue weighted by Gasteiger charge is -2.10. The molecule has 0 aliphatic rings. The number of hydrogen-bond donors (Lipinski definition) is 2. The van der Waals surface area contributed by atoms with E-state index in [0.717, 1.165) is 23.4 Å². The van der Waals surface area contributed by atoms with Crippen molar-refractivity contribution in [2.75, 3.05) is 19.0 Å². The summed E-state index contributed by atoms with van der Waals surface area (Å²) in [5.41, 5.74) is 1.93. The molecule has 0 saturated heterocycles. The van der Waals surface area contributed by atoms with E-state index in [1.165, 1.54) is 0 Å². The van der Waals surface area contributed by atoms with Crippen molar-refractivity contribution in [3.05, 3.63) is 30.5 Å².